The quantitative estimate of drug-likeness (QED) is 0.667. The van der Waals surface area contributed by atoms with Gasteiger partial charge in [0.2, 0.25) is 0 Å². The number of carbonyl (C=O) groups is 1. The molecule has 9 heteroatoms. The summed E-state index contributed by atoms with van der Waals surface area (Å²) in [4.78, 5) is 31.6. The number of nitrogens with one attached hydrogen (secondary N) is 1. The summed E-state index contributed by atoms with van der Waals surface area (Å²) in [5, 5.41) is 23.5. The first-order chi connectivity index (χ1) is 11.0. The van der Waals surface area contributed by atoms with E-state index in [-0.39, 0.29) is 23.7 Å². The summed E-state index contributed by atoms with van der Waals surface area (Å²) in [6, 6.07) is 10.8. The first-order valence-corrected chi connectivity index (χ1v) is 6.39. The molecule has 0 saturated heterocycles. The van der Waals surface area contributed by atoms with Crippen LogP contribution in [-0.2, 0) is 6.54 Å². The highest BCUT2D eigenvalue weighted by Gasteiger charge is 2.09. The minimum absolute atomic E-state index is 0.0396. The van der Waals surface area contributed by atoms with Crippen molar-refractivity contribution in [1.29, 1.82) is 0 Å². The van der Waals surface area contributed by atoms with Crippen LogP contribution < -0.4 is 10.1 Å². The zero-order chi connectivity index (χ0) is 16.8. The summed E-state index contributed by atoms with van der Waals surface area (Å²) in [6.07, 6.45) is -0.739. The molecule has 0 aliphatic heterocycles. The normalized spacial score (nSPS) is 9.91. The minimum atomic E-state index is -0.739. The van der Waals surface area contributed by atoms with Crippen LogP contribution in [0.15, 0.2) is 48.5 Å². The van der Waals surface area contributed by atoms with Gasteiger partial charge in [0.1, 0.15) is 5.75 Å². The van der Waals surface area contributed by atoms with Crippen LogP contribution >= 0.6 is 0 Å². The second-order valence-corrected chi connectivity index (χ2v) is 4.42. The Balaban J connectivity index is 1.87. The molecule has 0 atom stereocenters. The van der Waals surface area contributed by atoms with E-state index in [1.165, 1.54) is 48.5 Å². The Morgan fingerprint density at radius 1 is 0.913 bits per heavy atom. The molecular weight excluding hydrogens is 306 g/mol. The van der Waals surface area contributed by atoms with Gasteiger partial charge < -0.3 is 10.1 Å². The Morgan fingerprint density at radius 2 is 1.39 bits per heavy atom. The van der Waals surface area contributed by atoms with Gasteiger partial charge in [-0.3, -0.25) is 20.2 Å². The summed E-state index contributed by atoms with van der Waals surface area (Å²) in [6.45, 7) is 0.129. The van der Waals surface area contributed by atoms with Crippen molar-refractivity contribution in [1.82, 2.24) is 5.32 Å². The van der Waals surface area contributed by atoms with Crippen molar-refractivity contribution in [2.75, 3.05) is 0 Å². The Morgan fingerprint density at radius 3 is 1.87 bits per heavy atom. The van der Waals surface area contributed by atoms with Crippen molar-refractivity contribution >= 4 is 17.5 Å². The molecule has 0 radical (unpaired) electrons. The fraction of sp³-hybridized carbons (Fsp3) is 0.0714. The average Bonchev–Trinajstić information content (AvgIpc) is 2.54. The van der Waals surface area contributed by atoms with Crippen LogP contribution in [0.25, 0.3) is 0 Å². The van der Waals surface area contributed by atoms with E-state index in [1.54, 1.807) is 0 Å². The third-order valence-corrected chi connectivity index (χ3v) is 2.84. The van der Waals surface area contributed by atoms with Gasteiger partial charge in [-0.05, 0) is 17.7 Å². The number of nitro groups is 2. The lowest BCUT2D eigenvalue weighted by atomic mass is 10.2. The smallest absolute Gasteiger partial charge is 0.410 e. The number of ether oxygens (including phenoxy) is 1. The van der Waals surface area contributed by atoms with Gasteiger partial charge in [-0.2, -0.15) is 0 Å². The molecule has 0 fully saturated rings. The average molecular weight is 317 g/mol. The van der Waals surface area contributed by atoms with Gasteiger partial charge in [-0.15, -0.1) is 0 Å². The van der Waals surface area contributed by atoms with Crippen LogP contribution in [-0.4, -0.2) is 15.9 Å². The molecule has 118 valence electrons. The van der Waals surface area contributed by atoms with Gasteiger partial charge in [0, 0.05) is 30.8 Å². The predicted molar refractivity (Wildman–Crippen MR) is 79.1 cm³/mol. The topological polar surface area (TPSA) is 125 Å². The zero-order valence-corrected chi connectivity index (χ0v) is 11.7. The van der Waals surface area contributed by atoms with Gasteiger partial charge in [-0.25, -0.2) is 4.79 Å². The molecule has 0 aliphatic rings. The molecule has 2 aromatic rings. The van der Waals surface area contributed by atoms with Gasteiger partial charge in [0.15, 0.2) is 0 Å². The van der Waals surface area contributed by atoms with E-state index in [1.807, 2.05) is 0 Å². The van der Waals surface area contributed by atoms with Crippen molar-refractivity contribution in [2.24, 2.45) is 0 Å². The van der Waals surface area contributed by atoms with Crippen LogP contribution in [0.4, 0.5) is 16.2 Å². The summed E-state index contributed by atoms with van der Waals surface area (Å²) >= 11 is 0. The number of amides is 1. The summed E-state index contributed by atoms with van der Waals surface area (Å²) < 4.78 is 4.95. The van der Waals surface area contributed by atoms with Crippen LogP contribution in [0.1, 0.15) is 5.56 Å². The highest BCUT2D eigenvalue weighted by Crippen LogP contribution is 2.17. The number of benzene rings is 2. The van der Waals surface area contributed by atoms with Crippen molar-refractivity contribution in [3.8, 4) is 5.75 Å². The standard InChI is InChI=1S/C14H11N3O6/c18-14(23-13-7-5-12(6-8-13)17(21)22)15-9-10-1-3-11(4-2-10)16(19)20/h1-8H,9H2,(H,15,18). The lowest BCUT2D eigenvalue weighted by Crippen LogP contribution is -2.26. The number of carbonyl (C=O) groups excluding carboxylic acids is 1. The first kappa shape index (κ1) is 15.9. The molecule has 2 aromatic carbocycles. The Hall–Kier alpha value is -3.49. The lowest BCUT2D eigenvalue weighted by Gasteiger charge is -2.06. The van der Waals surface area contributed by atoms with Gasteiger partial charge in [0.05, 0.1) is 9.85 Å². The van der Waals surface area contributed by atoms with Crippen molar-refractivity contribution in [3.05, 3.63) is 74.3 Å². The number of rotatable bonds is 5. The molecule has 0 bridgehead atoms. The fourth-order valence-corrected chi connectivity index (χ4v) is 1.69. The summed E-state index contributed by atoms with van der Waals surface area (Å²) in [7, 11) is 0. The monoisotopic (exact) mass is 317 g/mol. The zero-order valence-electron chi connectivity index (χ0n) is 11.7. The molecule has 23 heavy (non-hydrogen) atoms. The van der Waals surface area contributed by atoms with E-state index < -0.39 is 15.9 Å². The first-order valence-electron chi connectivity index (χ1n) is 6.39. The molecule has 0 heterocycles. The number of non-ortho nitro benzene ring substituents is 2. The Bertz CT molecular complexity index is 727. The molecule has 1 N–H and O–H groups in total. The van der Waals surface area contributed by atoms with Crippen molar-refractivity contribution < 1.29 is 19.4 Å². The maximum Gasteiger partial charge on any atom is 0.412 e. The third kappa shape index (κ3) is 4.49. The molecular formula is C14H11N3O6. The Labute approximate surface area is 129 Å². The minimum Gasteiger partial charge on any atom is -0.410 e. The predicted octanol–water partition coefficient (Wildman–Crippen LogP) is 2.79. The SMILES string of the molecule is O=C(NCc1ccc([N+](=O)[O-])cc1)Oc1ccc([N+](=O)[O-])cc1. The second kappa shape index (κ2) is 6.98. The van der Waals surface area contributed by atoms with Crippen LogP contribution in [0.5, 0.6) is 5.75 Å². The largest absolute Gasteiger partial charge is 0.412 e. The Kier molecular flexibility index (Phi) is 4.82. The number of hydrogen-bond acceptors (Lipinski definition) is 6. The fourth-order valence-electron chi connectivity index (χ4n) is 1.69. The van der Waals surface area contributed by atoms with Crippen LogP contribution in [0.3, 0.4) is 0 Å². The highest BCUT2D eigenvalue weighted by atomic mass is 16.6. The van der Waals surface area contributed by atoms with E-state index >= 15 is 0 Å². The molecule has 0 spiro atoms. The van der Waals surface area contributed by atoms with Gasteiger partial charge in [-0.1, -0.05) is 12.1 Å². The van der Waals surface area contributed by atoms with Crippen LogP contribution in [0.2, 0.25) is 0 Å². The van der Waals surface area contributed by atoms with E-state index in [0.29, 0.717) is 5.56 Å². The number of nitrogens with zero attached hydrogens (tertiary/aromatic N) is 2. The van der Waals surface area contributed by atoms with Crippen molar-refractivity contribution in [2.45, 2.75) is 6.54 Å². The van der Waals surface area contributed by atoms with Crippen LogP contribution in [0, 0.1) is 20.2 Å². The maximum absolute atomic E-state index is 11.6. The van der Waals surface area contributed by atoms with E-state index in [2.05, 4.69) is 5.32 Å². The summed E-state index contributed by atoms with van der Waals surface area (Å²) in [5.41, 5.74) is 0.516. The van der Waals surface area contributed by atoms with Gasteiger partial charge >= 0.3 is 6.09 Å². The molecule has 1 amide bonds. The van der Waals surface area contributed by atoms with Gasteiger partial charge in [0.25, 0.3) is 11.4 Å². The molecule has 0 saturated carbocycles. The highest BCUT2D eigenvalue weighted by molar-refractivity contribution is 5.70. The van der Waals surface area contributed by atoms with Crippen molar-refractivity contribution in [3.63, 3.8) is 0 Å². The van der Waals surface area contributed by atoms with E-state index in [9.17, 15) is 25.0 Å². The second-order valence-electron chi connectivity index (χ2n) is 4.42. The molecule has 0 aliphatic carbocycles. The van der Waals surface area contributed by atoms with E-state index in [4.69, 9.17) is 4.74 Å². The number of nitro benzene ring substituents is 2. The lowest BCUT2D eigenvalue weighted by molar-refractivity contribution is -0.385. The maximum atomic E-state index is 11.6. The molecule has 2 rings (SSSR count). The molecule has 0 unspecified atom stereocenters. The van der Waals surface area contributed by atoms with E-state index in [0.717, 1.165) is 0 Å². The molecule has 9 nitrogen and oxygen atoms in total. The third-order valence-electron chi connectivity index (χ3n) is 2.84. The number of hydrogen-bond donors (Lipinski definition) is 1. The molecule has 0 aromatic heterocycles. The summed E-state index contributed by atoms with van der Waals surface area (Å²) in [5.74, 6) is 0.164.